The quantitative estimate of drug-likeness (QED) is 0.0222. The first kappa shape index (κ1) is 108. The molecule has 0 aromatic heterocycles. The van der Waals surface area contributed by atoms with Crippen molar-refractivity contribution in [3.05, 3.63) is 0 Å². The first-order valence-electron chi connectivity index (χ1n) is 47.0. The third kappa shape index (κ3) is 84.0. The van der Waals surface area contributed by atoms with Crippen LogP contribution in [0.25, 0.3) is 0 Å². The molecular formula is C91H178O17P2. The zero-order chi connectivity index (χ0) is 80.6. The molecule has 3 N–H and O–H groups in total. The van der Waals surface area contributed by atoms with E-state index in [9.17, 15) is 43.2 Å². The van der Waals surface area contributed by atoms with E-state index in [1.54, 1.807) is 0 Å². The van der Waals surface area contributed by atoms with Gasteiger partial charge in [-0.25, -0.2) is 9.13 Å². The maximum atomic E-state index is 13.2. The molecule has 0 aliphatic heterocycles. The van der Waals surface area contributed by atoms with Gasteiger partial charge in [0.05, 0.1) is 26.4 Å². The molecule has 0 rings (SSSR count). The molecular weight excluding hydrogens is 1430 g/mol. The fourth-order valence-electron chi connectivity index (χ4n) is 14.3. The Bertz CT molecular complexity index is 2100. The van der Waals surface area contributed by atoms with Crippen LogP contribution >= 0.6 is 15.6 Å². The summed E-state index contributed by atoms with van der Waals surface area (Å²) in [6.45, 7) is 9.77. The Balaban J connectivity index is 5.23. The van der Waals surface area contributed by atoms with Gasteiger partial charge in [0, 0.05) is 25.7 Å². The number of aliphatic hydroxyl groups is 1. The number of hydrogen-bond donors (Lipinski definition) is 3. The van der Waals surface area contributed by atoms with Gasteiger partial charge in [0.2, 0.25) is 0 Å². The monoisotopic (exact) mass is 1610 g/mol. The van der Waals surface area contributed by atoms with Gasteiger partial charge in [-0.1, -0.05) is 440 Å². The van der Waals surface area contributed by atoms with E-state index in [0.717, 1.165) is 102 Å². The van der Waals surface area contributed by atoms with Gasteiger partial charge in [-0.2, -0.15) is 0 Å². The van der Waals surface area contributed by atoms with Crippen LogP contribution in [0.15, 0.2) is 0 Å². The zero-order valence-electron chi connectivity index (χ0n) is 72.6. The standard InChI is InChI=1S/C91H178O17P2/c1-7-9-11-13-15-17-19-20-21-22-23-27-34-39-45-51-57-63-69-75-90(95)107-86(79-101-88(93)73-67-61-55-49-41-18-16-14-12-10-8-2)81-105-109(97,98)103-77-85(92)78-104-110(99,100)106-82-87(80-102-89(94)74-68-62-56-50-44-38-33-30-29-32-37-43-48-54-60-66-72-84(5)6)108-91(96)76-70-64-58-52-46-40-35-28-25-24-26-31-36-42-47-53-59-65-71-83(3)4/h83-87,92H,7-82H2,1-6H3,(H,97,98)(H,99,100)/t85-,86+,87+/m0/s1. The number of aliphatic hydroxyl groups excluding tert-OH is 1. The predicted molar refractivity (Wildman–Crippen MR) is 455 cm³/mol. The van der Waals surface area contributed by atoms with E-state index in [1.165, 1.54) is 308 Å². The first-order chi connectivity index (χ1) is 53.4. The smallest absolute Gasteiger partial charge is 0.462 e. The van der Waals surface area contributed by atoms with Crippen molar-refractivity contribution in [1.29, 1.82) is 0 Å². The summed E-state index contributed by atoms with van der Waals surface area (Å²) < 4.78 is 69.1. The number of phosphoric acid groups is 2. The predicted octanol–water partition coefficient (Wildman–Crippen LogP) is 28.2. The number of carbonyl (C=O) groups is 4. The molecule has 0 aliphatic rings. The largest absolute Gasteiger partial charge is 0.472 e. The van der Waals surface area contributed by atoms with Crippen LogP contribution in [-0.2, 0) is 65.4 Å². The summed E-state index contributed by atoms with van der Waals surface area (Å²) in [5.41, 5.74) is 0. The van der Waals surface area contributed by atoms with Gasteiger partial charge in [-0.15, -0.1) is 0 Å². The van der Waals surface area contributed by atoms with Crippen molar-refractivity contribution in [3.8, 4) is 0 Å². The van der Waals surface area contributed by atoms with Gasteiger partial charge in [0.15, 0.2) is 12.2 Å². The van der Waals surface area contributed by atoms with Crippen LogP contribution in [-0.4, -0.2) is 96.7 Å². The summed E-state index contributed by atoms with van der Waals surface area (Å²) in [6, 6.07) is 0. The number of ether oxygens (including phenoxy) is 4. The topological polar surface area (TPSA) is 237 Å². The molecule has 0 spiro atoms. The molecule has 0 saturated carbocycles. The summed E-state index contributed by atoms with van der Waals surface area (Å²) in [5, 5.41) is 10.7. The highest BCUT2D eigenvalue weighted by Crippen LogP contribution is 2.45. The summed E-state index contributed by atoms with van der Waals surface area (Å²) in [4.78, 5) is 73.4. The maximum absolute atomic E-state index is 13.2. The van der Waals surface area contributed by atoms with Crippen molar-refractivity contribution in [2.45, 2.75) is 509 Å². The van der Waals surface area contributed by atoms with E-state index in [1.807, 2.05) is 0 Å². The minimum absolute atomic E-state index is 0.109. The van der Waals surface area contributed by atoms with Crippen LogP contribution < -0.4 is 0 Å². The van der Waals surface area contributed by atoms with E-state index in [2.05, 4.69) is 41.5 Å². The molecule has 0 radical (unpaired) electrons. The normalized spacial score (nSPS) is 13.7. The van der Waals surface area contributed by atoms with Gasteiger partial charge in [-0.05, 0) is 37.5 Å². The van der Waals surface area contributed by atoms with Crippen molar-refractivity contribution < 1.29 is 80.2 Å². The van der Waals surface area contributed by atoms with Crippen LogP contribution in [0, 0.1) is 11.8 Å². The fraction of sp³-hybridized carbons (Fsp3) is 0.956. The van der Waals surface area contributed by atoms with Gasteiger partial charge >= 0.3 is 39.5 Å². The maximum Gasteiger partial charge on any atom is 0.472 e. The lowest BCUT2D eigenvalue weighted by molar-refractivity contribution is -0.161. The summed E-state index contributed by atoms with van der Waals surface area (Å²) in [7, 11) is -9.93. The molecule has 0 fully saturated rings. The number of unbranched alkanes of at least 4 members (excludes halogenated alkanes) is 60. The second-order valence-corrected chi connectivity index (χ2v) is 36.6. The summed E-state index contributed by atoms with van der Waals surface area (Å²) in [6.07, 6.45) is 76.4. The number of hydrogen-bond acceptors (Lipinski definition) is 15. The average molecular weight is 1610 g/mol. The number of carbonyl (C=O) groups excluding carboxylic acids is 4. The van der Waals surface area contributed by atoms with Crippen molar-refractivity contribution in [1.82, 2.24) is 0 Å². The molecule has 0 aromatic carbocycles. The van der Waals surface area contributed by atoms with Crippen LogP contribution in [0.3, 0.4) is 0 Å². The van der Waals surface area contributed by atoms with Crippen LogP contribution in [0.5, 0.6) is 0 Å². The molecule has 0 aliphatic carbocycles. The highest BCUT2D eigenvalue weighted by molar-refractivity contribution is 7.47. The van der Waals surface area contributed by atoms with Crippen molar-refractivity contribution in [2.75, 3.05) is 39.6 Å². The molecule has 0 saturated heterocycles. The van der Waals surface area contributed by atoms with E-state index in [0.29, 0.717) is 25.7 Å². The molecule has 654 valence electrons. The van der Waals surface area contributed by atoms with Crippen LogP contribution in [0.2, 0.25) is 0 Å². The minimum atomic E-state index is -4.97. The Kier molecular flexibility index (Phi) is 80.7. The molecule has 0 aromatic rings. The lowest BCUT2D eigenvalue weighted by atomic mass is 10.0. The first-order valence-corrected chi connectivity index (χ1v) is 50.0. The average Bonchev–Trinajstić information content (AvgIpc) is 0.899. The zero-order valence-corrected chi connectivity index (χ0v) is 74.4. The second kappa shape index (κ2) is 82.2. The van der Waals surface area contributed by atoms with E-state index >= 15 is 0 Å². The van der Waals surface area contributed by atoms with E-state index in [-0.39, 0.29) is 25.7 Å². The molecule has 0 amide bonds. The van der Waals surface area contributed by atoms with Crippen molar-refractivity contribution in [2.24, 2.45) is 11.8 Å². The van der Waals surface area contributed by atoms with Crippen molar-refractivity contribution in [3.63, 3.8) is 0 Å². The highest BCUT2D eigenvalue weighted by atomic mass is 31.2. The molecule has 5 atom stereocenters. The van der Waals surface area contributed by atoms with Crippen molar-refractivity contribution >= 4 is 39.5 Å². The Morgan fingerprint density at radius 2 is 0.418 bits per heavy atom. The number of phosphoric ester groups is 2. The molecule has 110 heavy (non-hydrogen) atoms. The second-order valence-electron chi connectivity index (χ2n) is 33.6. The van der Waals surface area contributed by atoms with Gasteiger partial charge in [-0.3, -0.25) is 37.3 Å². The highest BCUT2D eigenvalue weighted by Gasteiger charge is 2.31. The number of esters is 4. The molecule has 17 nitrogen and oxygen atoms in total. The van der Waals surface area contributed by atoms with Gasteiger partial charge < -0.3 is 33.8 Å². The van der Waals surface area contributed by atoms with Gasteiger partial charge in [0.1, 0.15) is 19.3 Å². The fourth-order valence-corrected chi connectivity index (χ4v) is 15.9. The third-order valence-corrected chi connectivity index (χ3v) is 23.4. The summed E-state index contributed by atoms with van der Waals surface area (Å²) in [5.74, 6) is -0.462. The third-order valence-electron chi connectivity index (χ3n) is 21.5. The van der Waals surface area contributed by atoms with Crippen LogP contribution in [0.4, 0.5) is 0 Å². The lowest BCUT2D eigenvalue weighted by Crippen LogP contribution is -2.30. The molecule has 2 unspecified atom stereocenters. The Labute approximate surface area is 677 Å². The SMILES string of the molecule is CCCCCCCCCCCCCCCCCCCCCC(=O)O[C@H](COC(=O)CCCCCCCCCCCCC)COP(=O)(O)OC[C@H](O)COP(=O)(O)OC[C@@H](COC(=O)CCCCCCCCCCCCCCCCCCC(C)C)OC(=O)CCCCCCCCCCCCCCCCCCCCC(C)C. The van der Waals surface area contributed by atoms with E-state index < -0.39 is 97.5 Å². The Morgan fingerprint density at radius 1 is 0.245 bits per heavy atom. The molecule has 19 heteroatoms. The number of rotatable bonds is 90. The minimum Gasteiger partial charge on any atom is -0.462 e. The summed E-state index contributed by atoms with van der Waals surface area (Å²) >= 11 is 0. The molecule has 0 bridgehead atoms. The Hall–Kier alpha value is -1.94. The Morgan fingerprint density at radius 3 is 0.618 bits per heavy atom. The molecule has 0 heterocycles. The van der Waals surface area contributed by atoms with Gasteiger partial charge in [0.25, 0.3) is 0 Å². The van der Waals surface area contributed by atoms with E-state index in [4.69, 9.17) is 37.0 Å². The lowest BCUT2D eigenvalue weighted by Gasteiger charge is -2.21. The van der Waals surface area contributed by atoms with Crippen LogP contribution in [0.1, 0.15) is 491 Å².